The van der Waals surface area contributed by atoms with Crippen molar-refractivity contribution in [1.29, 1.82) is 0 Å². The molecule has 0 bridgehead atoms. The minimum atomic E-state index is -3.79. The van der Waals surface area contributed by atoms with E-state index in [2.05, 4.69) is 0 Å². The van der Waals surface area contributed by atoms with Gasteiger partial charge in [-0.05, 0) is 41.2 Å². The molecule has 22 heavy (non-hydrogen) atoms. The van der Waals surface area contributed by atoms with Gasteiger partial charge in [0.05, 0.1) is 12.4 Å². The average Bonchev–Trinajstić information content (AvgIpc) is 2.79. The second-order valence-corrected chi connectivity index (χ2v) is 7.35. The molecule has 0 radical (unpaired) electrons. The molecule has 2 aromatic rings. The number of fused-ring (bicyclic) bond motifs is 1. The van der Waals surface area contributed by atoms with Crippen LogP contribution in [0.25, 0.3) is 0 Å². The van der Waals surface area contributed by atoms with E-state index in [1.807, 2.05) is 0 Å². The average molecular weight is 320 g/mol. The molecule has 3 rings (SSSR count). The van der Waals surface area contributed by atoms with Gasteiger partial charge in [0, 0.05) is 0 Å². The summed E-state index contributed by atoms with van der Waals surface area (Å²) < 4.78 is 43.7. The molecule has 0 amide bonds. The van der Waals surface area contributed by atoms with Crippen LogP contribution in [0.15, 0.2) is 41.3 Å². The summed E-state index contributed by atoms with van der Waals surface area (Å²) >= 11 is 0. The molecule has 2 aromatic carbocycles. The van der Waals surface area contributed by atoms with Crippen LogP contribution in [0.3, 0.4) is 0 Å². The Morgan fingerprint density at radius 3 is 2.77 bits per heavy atom. The van der Waals surface area contributed by atoms with E-state index in [9.17, 15) is 17.8 Å². The Morgan fingerprint density at radius 1 is 1.27 bits per heavy atom. The highest BCUT2D eigenvalue weighted by molar-refractivity contribution is 7.90. The third-order valence-corrected chi connectivity index (χ3v) is 5.37. The first-order chi connectivity index (χ1) is 10.4. The smallest absolute Gasteiger partial charge is 0.423 e. The molecule has 4 nitrogen and oxygen atoms in total. The second kappa shape index (κ2) is 5.50. The van der Waals surface area contributed by atoms with Crippen LogP contribution in [0.5, 0.6) is 0 Å². The summed E-state index contributed by atoms with van der Waals surface area (Å²) in [5, 5.41) is 9.66. The Balaban J connectivity index is 1.93. The molecule has 0 aromatic heterocycles. The highest BCUT2D eigenvalue weighted by atomic mass is 32.2. The largest absolute Gasteiger partial charge is 0.491 e. The van der Waals surface area contributed by atoms with Crippen molar-refractivity contribution in [2.24, 2.45) is 0 Å². The number of aryl methyl sites for hydroxylation is 1. The lowest BCUT2D eigenvalue weighted by Gasteiger charge is -2.08. The molecule has 0 spiro atoms. The molecule has 1 aliphatic rings. The highest BCUT2D eigenvalue weighted by Crippen LogP contribution is 2.21. The van der Waals surface area contributed by atoms with Crippen LogP contribution in [0, 0.1) is 12.7 Å². The van der Waals surface area contributed by atoms with E-state index in [4.69, 9.17) is 4.65 Å². The predicted octanol–water partition coefficient (Wildman–Crippen LogP) is 1.33. The first-order valence-electron chi connectivity index (χ1n) is 6.77. The topological polar surface area (TPSA) is 63.6 Å². The molecule has 0 fully saturated rings. The summed E-state index contributed by atoms with van der Waals surface area (Å²) in [4.78, 5) is -0.310. The Labute approximate surface area is 128 Å². The molecular formula is C15H14BFO4S. The van der Waals surface area contributed by atoms with E-state index < -0.39 is 22.8 Å². The Bertz CT molecular complexity index is 835. The number of halogens is 1. The van der Waals surface area contributed by atoms with Crippen molar-refractivity contribution in [1.82, 2.24) is 0 Å². The fourth-order valence-corrected chi connectivity index (χ4v) is 3.91. The van der Waals surface area contributed by atoms with E-state index in [1.165, 1.54) is 12.1 Å². The molecule has 1 aliphatic heterocycles. The first-order valence-corrected chi connectivity index (χ1v) is 8.42. The van der Waals surface area contributed by atoms with Gasteiger partial charge in [-0.25, -0.2) is 12.8 Å². The van der Waals surface area contributed by atoms with Gasteiger partial charge in [0.1, 0.15) is 10.7 Å². The SMILES string of the molecule is Cc1ccc(S(=O)(=O)Cc2ccc3c(c2)B(O)OC3)c(F)c1. The van der Waals surface area contributed by atoms with Gasteiger partial charge in [-0.3, -0.25) is 0 Å². The zero-order chi connectivity index (χ0) is 15.9. The van der Waals surface area contributed by atoms with E-state index in [1.54, 1.807) is 31.2 Å². The normalized spacial score (nSPS) is 14.2. The zero-order valence-corrected chi connectivity index (χ0v) is 12.7. The van der Waals surface area contributed by atoms with Crippen LogP contribution in [-0.2, 0) is 26.9 Å². The molecule has 0 saturated heterocycles. The van der Waals surface area contributed by atoms with Crippen LogP contribution < -0.4 is 5.46 Å². The fourth-order valence-electron chi connectivity index (χ4n) is 2.51. The Hall–Kier alpha value is -1.70. The summed E-state index contributed by atoms with van der Waals surface area (Å²) in [6.45, 7) is 2.00. The number of rotatable bonds is 3. The summed E-state index contributed by atoms with van der Waals surface area (Å²) in [5.74, 6) is -1.07. The van der Waals surface area contributed by atoms with Gasteiger partial charge in [-0.15, -0.1) is 0 Å². The fraction of sp³-hybridized carbons (Fsp3) is 0.200. The summed E-state index contributed by atoms with van der Waals surface area (Å²) in [6.07, 6.45) is 0. The van der Waals surface area contributed by atoms with Gasteiger partial charge in [0.15, 0.2) is 9.84 Å². The van der Waals surface area contributed by atoms with Crippen LogP contribution >= 0.6 is 0 Å². The lowest BCUT2D eigenvalue weighted by atomic mass is 9.79. The van der Waals surface area contributed by atoms with Crippen molar-refractivity contribution in [3.8, 4) is 0 Å². The van der Waals surface area contributed by atoms with Gasteiger partial charge < -0.3 is 9.68 Å². The van der Waals surface area contributed by atoms with E-state index in [-0.39, 0.29) is 10.6 Å². The zero-order valence-electron chi connectivity index (χ0n) is 11.9. The molecule has 0 atom stereocenters. The third-order valence-electron chi connectivity index (χ3n) is 3.65. The molecule has 7 heteroatoms. The van der Waals surface area contributed by atoms with Gasteiger partial charge in [0.2, 0.25) is 0 Å². The summed E-state index contributed by atoms with van der Waals surface area (Å²) in [6, 6.07) is 9.02. The first kappa shape index (κ1) is 15.2. The van der Waals surface area contributed by atoms with Crippen LogP contribution in [0.2, 0.25) is 0 Å². The molecule has 114 valence electrons. The maximum Gasteiger partial charge on any atom is 0.491 e. The lowest BCUT2D eigenvalue weighted by Crippen LogP contribution is -2.28. The maximum absolute atomic E-state index is 13.9. The summed E-state index contributed by atoms with van der Waals surface area (Å²) in [5.41, 5.74) is 2.55. The van der Waals surface area contributed by atoms with Crippen molar-refractivity contribution in [3.63, 3.8) is 0 Å². The minimum absolute atomic E-state index is 0.302. The van der Waals surface area contributed by atoms with E-state index >= 15 is 0 Å². The summed E-state index contributed by atoms with van der Waals surface area (Å²) in [7, 11) is -4.83. The van der Waals surface area contributed by atoms with Gasteiger partial charge in [-0.2, -0.15) is 0 Å². The van der Waals surface area contributed by atoms with Crippen LogP contribution in [0.1, 0.15) is 16.7 Å². The number of sulfone groups is 1. The second-order valence-electron chi connectivity index (χ2n) is 5.39. The molecule has 1 N–H and O–H groups in total. The van der Waals surface area contributed by atoms with Crippen molar-refractivity contribution >= 4 is 22.4 Å². The number of hydrogen-bond acceptors (Lipinski definition) is 4. The monoisotopic (exact) mass is 320 g/mol. The third kappa shape index (κ3) is 2.79. The molecule has 1 heterocycles. The number of hydrogen-bond donors (Lipinski definition) is 1. The number of benzene rings is 2. The van der Waals surface area contributed by atoms with Gasteiger partial charge in [0.25, 0.3) is 0 Å². The lowest BCUT2D eigenvalue weighted by molar-refractivity contribution is 0.275. The van der Waals surface area contributed by atoms with Crippen molar-refractivity contribution in [2.45, 2.75) is 24.2 Å². The van der Waals surface area contributed by atoms with Gasteiger partial charge >= 0.3 is 7.12 Å². The minimum Gasteiger partial charge on any atom is -0.423 e. The molecular weight excluding hydrogens is 306 g/mol. The van der Waals surface area contributed by atoms with E-state index in [0.29, 0.717) is 23.2 Å². The Morgan fingerprint density at radius 2 is 2.05 bits per heavy atom. The molecule has 0 unspecified atom stereocenters. The Kier molecular flexibility index (Phi) is 3.80. The highest BCUT2D eigenvalue weighted by Gasteiger charge is 2.28. The van der Waals surface area contributed by atoms with Crippen molar-refractivity contribution < 1.29 is 22.5 Å². The van der Waals surface area contributed by atoms with E-state index in [0.717, 1.165) is 5.56 Å². The molecule has 0 saturated carbocycles. The standard InChI is InChI=1S/C15H14BFO4S/c1-10-2-5-15(14(17)6-10)22(19,20)9-11-3-4-12-8-21-16(18)13(12)7-11/h2-7,18H,8-9H2,1H3. The van der Waals surface area contributed by atoms with Crippen LogP contribution in [0.4, 0.5) is 4.39 Å². The van der Waals surface area contributed by atoms with Crippen molar-refractivity contribution in [3.05, 3.63) is 58.9 Å². The van der Waals surface area contributed by atoms with Crippen LogP contribution in [-0.4, -0.2) is 20.6 Å². The predicted molar refractivity (Wildman–Crippen MR) is 80.9 cm³/mol. The van der Waals surface area contributed by atoms with Crippen molar-refractivity contribution in [2.75, 3.05) is 0 Å². The molecule has 0 aliphatic carbocycles. The maximum atomic E-state index is 13.9. The quantitative estimate of drug-likeness (QED) is 0.867. The van der Waals surface area contributed by atoms with Gasteiger partial charge in [-0.1, -0.05) is 24.3 Å².